The molecule has 0 aromatic heterocycles. The van der Waals surface area contributed by atoms with Crippen LogP contribution in [0.3, 0.4) is 0 Å². The van der Waals surface area contributed by atoms with Crippen LogP contribution >= 0.6 is 0 Å². The standard InChI is InChI=1S/C23H31N3O6S/c1-16-9-7-8-10-18(16)14-25(17(2)23(28)24-3)22(27)15-26(33(6,29)30)20-13-19(31-4)11-12-21(20)32-5/h7-13,17H,14-15H2,1-6H3,(H,24,28). The first-order chi connectivity index (χ1) is 15.5. The van der Waals surface area contributed by atoms with Crippen molar-refractivity contribution in [1.82, 2.24) is 10.2 Å². The summed E-state index contributed by atoms with van der Waals surface area (Å²) in [7, 11) is 0.462. The highest BCUT2D eigenvalue weighted by atomic mass is 32.2. The topological polar surface area (TPSA) is 105 Å². The molecule has 0 saturated heterocycles. The summed E-state index contributed by atoms with van der Waals surface area (Å²) < 4.78 is 36.9. The van der Waals surface area contributed by atoms with E-state index >= 15 is 0 Å². The van der Waals surface area contributed by atoms with E-state index in [1.165, 1.54) is 32.2 Å². The molecule has 1 N–H and O–H groups in total. The van der Waals surface area contributed by atoms with Crippen molar-refractivity contribution in [2.75, 3.05) is 38.4 Å². The third kappa shape index (κ3) is 6.38. The third-order valence-electron chi connectivity index (χ3n) is 5.35. The van der Waals surface area contributed by atoms with Gasteiger partial charge in [0.15, 0.2) is 0 Å². The van der Waals surface area contributed by atoms with Crippen molar-refractivity contribution in [2.24, 2.45) is 0 Å². The molecule has 0 bridgehead atoms. The first-order valence-electron chi connectivity index (χ1n) is 10.3. The Bertz CT molecular complexity index is 1100. The van der Waals surface area contributed by atoms with E-state index in [9.17, 15) is 18.0 Å². The number of hydrogen-bond donors (Lipinski definition) is 1. The van der Waals surface area contributed by atoms with Crippen molar-refractivity contribution >= 4 is 27.5 Å². The summed E-state index contributed by atoms with van der Waals surface area (Å²) in [6.07, 6.45) is 1.01. The van der Waals surface area contributed by atoms with Crippen molar-refractivity contribution in [3.05, 3.63) is 53.6 Å². The lowest BCUT2D eigenvalue weighted by atomic mass is 10.1. The molecule has 10 heteroatoms. The second kappa shape index (κ2) is 11.0. The molecule has 0 radical (unpaired) electrons. The molecule has 2 amide bonds. The van der Waals surface area contributed by atoms with Gasteiger partial charge in [-0.1, -0.05) is 24.3 Å². The van der Waals surface area contributed by atoms with Crippen molar-refractivity contribution in [3.8, 4) is 11.5 Å². The van der Waals surface area contributed by atoms with Gasteiger partial charge in [-0.3, -0.25) is 13.9 Å². The van der Waals surface area contributed by atoms with Gasteiger partial charge in [0.05, 0.1) is 26.2 Å². The molecule has 33 heavy (non-hydrogen) atoms. The Kier molecular flexibility index (Phi) is 8.69. The van der Waals surface area contributed by atoms with E-state index in [1.54, 1.807) is 19.1 Å². The Balaban J connectivity index is 2.49. The van der Waals surface area contributed by atoms with Gasteiger partial charge in [0.25, 0.3) is 0 Å². The zero-order chi connectivity index (χ0) is 24.8. The first kappa shape index (κ1) is 26.0. The second-order valence-electron chi connectivity index (χ2n) is 7.55. The fraction of sp³-hybridized carbons (Fsp3) is 0.391. The van der Waals surface area contributed by atoms with E-state index in [0.29, 0.717) is 5.75 Å². The van der Waals surface area contributed by atoms with Gasteiger partial charge in [0.2, 0.25) is 21.8 Å². The minimum absolute atomic E-state index is 0.146. The molecule has 1 atom stereocenters. The number of aryl methyl sites for hydroxylation is 1. The van der Waals surface area contributed by atoms with Crippen LogP contribution in [-0.2, 0) is 26.2 Å². The quantitative estimate of drug-likeness (QED) is 0.561. The average molecular weight is 478 g/mol. The van der Waals surface area contributed by atoms with Crippen LogP contribution in [0.4, 0.5) is 5.69 Å². The number of carbonyl (C=O) groups is 2. The lowest BCUT2D eigenvalue weighted by Crippen LogP contribution is -2.50. The number of hydrogen-bond acceptors (Lipinski definition) is 6. The SMILES string of the molecule is CNC(=O)C(C)N(Cc1ccccc1C)C(=O)CN(c1cc(OC)ccc1OC)S(C)(=O)=O. The van der Waals surface area contributed by atoms with Crippen LogP contribution < -0.4 is 19.1 Å². The summed E-state index contributed by atoms with van der Waals surface area (Å²) in [5.74, 6) is -0.229. The minimum atomic E-state index is -3.89. The molecule has 0 aliphatic rings. The van der Waals surface area contributed by atoms with Crippen molar-refractivity contribution in [1.29, 1.82) is 0 Å². The van der Waals surface area contributed by atoms with Crippen molar-refractivity contribution < 1.29 is 27.5 Å². The highest BCUT2D eigenvalue weighted by Gasteiger charge is 2.31. The Morgan fingerprint density at radius 3 is 2.30 bits per heavy atom. The molecule has 2 aromatic carbocycles. The predicted molar refractivity (Wildman–Crippen MR) is 127 cm³/mol. The molecular formula is C23H31N3O6S. The Labute approximate surface area is 195 Å². The van der Waals surface area contributed by atoms with Gasteiger partial charge in [-0.15, -0.1) is 0 Å². The van der Waals surface area contributed by atoms with Crippen LogP contribution in [0.15, 0.2) is 42.5 Å². The Hall–Kier alpha value is -3.27. The summed E-state index contributed by atoms with van der Waals surface area (Å²) >= 11 is 0. The van der Waals surface area contributed by atoms with E-state index in [0.717, 1.165) is 21.7 Å². The number of amides is 2. The molecular weight excluding hydrogens is 446 g/mol. The van der Waals surface area contributed by atoms with E-state index in [2.05, 4.69) is 5.32 Å². The molecule has 0 fully saturated rings. The van der Waals surface area contributed by atoms with Gasteiger partial charge >= 0.3 is 0 Å². The van der Waals surface area contributed by atoms with Crippen LogP contribution in [0, 0.1) is 6.92 Å². The third-order valence-corrected chi connectivity index (χ3v) is 6.48. The number of sulfonamides is 1. The summed E-state index contributed by atoms with van der Waals surface area (Å²) in [4.78, 5) is 27.2. The number of nitrogens with zero attached hydrogens (tertiary/aromatic N) is 2. The van der Waals surface area contributed by atoms with E-state index < -0.39 is 28.5 Å². The number of benzene rings is 2. The predicted octanol–water partition coefficient (Wildman–Crippen LogP) is 1.94. The summed E-state index contributed by atoms with van der Waals surface area (Å²) in [5, 5.41) is 2.55. The normalized spacial score (nSPS) is 11.9. The molecule has 0 heterocycles. The highest BCUT2D eigenvalue weighted by molar-refractivity contribution is 7.92. The molecule has 0 spiro atoms. The second-order valence-corrected chi connectivity index (χ2v) is 9.45. The van der Waals surface area contributed by atoms with Crippen LogP contribution in [0.2, 0.25) is 0 Å². The van der Waals surface area contributed by atoms with Crippen molar-refractivity contribution in [3.63, 3.8) is 0 Å². The zero-order valence-electron chi connectivity index (χ0n) is 19.8. The Morgan fingerprint density at radius 2 is 1.76 bits per heavy atom. The van der Waals surface area contributed by atoms with Gasteiger partial charge in [0.1, 0.15) is 24.1 Å². The molecule has 2 rings (SSSR count). The van der Waals surface area contributed by atoms with Crippen LogP contribution in [0.25, 0.3) is 0 Å². The highest BCUT2D eigenvalue weighted by Crippen LogP contribution is 2.34. The Morgan fingerprint density at radius 1 is 1.09 bits per heavy atom. The minimum Gasteiger partial charge on any atom is -0.497 e. The summed E-state index contributed by atoms with van der Waals surface area (Å²) in [6, 6.07) is 11.4. The first-order valence-corrected chi connectivity index (χ1v) is 12.1. The zero-order valence-corrected chi connectivity index (χ0v) is 20.6. The largest absolute Gasteiger partial charge is 0.497 e. The summed E-state index contributed by atoms with van der Waals surface area (Å²) in [6.45, 7) is 3.14. The maximum absolute atomic E-state index is 13.5. The average Bonchev–Trinajstić information content (AvgIpc) is 2.79. The number of anilines is 1. The number of carbonyl (C=O) groups excluding carboxylic acids is 2. The number of rotatable bonds is 10. The van der Waals surface area contributed by atoms with Gasteiger partial charge < -0.3 is 19.7 Å². The van der Waals surface area contributed by atoms with E-state index in [-0.39, 0.29) is 23.9 Å². The lowest BCUT2D eigenvalue weighted by molar-refractivity contribution is -0.139. The fourth-order valence-electron chi connectivity index (χ4n) is 3.35. The maximum atomic E-state index is 13.5. The van der Waals surface area contributed by atoms with Gasteiger partial charge in [0, 0.05) is 19.7 Å². The van der Waals surface area contributed by atoms with Crippen LogP contribution in [0.1, 0.15) is 18.1 Å². The molecule has 0 aliphatic heterocycles. The molecule has 2 aromatic rings. The molecule has 0 aliphatic carbocycles. The molecule has 180 valence electrons. The molecule has 9 nitrogen and oxygen atoms in total. The lowest BCUT2D eigenvalue weighted by Gasteiger charge is -2.32. The monoisotopic (exact) mass is 477 g/mol. The van der Waals surface area contributed by atoms with Crippen LogP contribution in [-0.4, -0.2) is 65.2 Å². The number of likely N-dealkylation sites (N-methyl/N-ethyl adjacent to an activating group) is 1. The maximum Gasteiger partial charge on any atom is 0.244 e. The van der Waals surface area contributed by atoms with Gasteiger partial charge in [-0.2, -0.15) is 0 Å². The van der Waals surface area contributed by atoms with Gasteiger partial charge in [-0.05, 0) is 37.1 Å². The van der Waals surface area contributed by atoms with Crippen LogP contribution in [0.5, 0.6) is 11.5 Å². The van der Waals surface area contributed by atoms with E-state index in [1.807, 2.05) is 31.2 Å². The van der Waals surface area contributed by atoms with Crippen molar-refractivity contribution in [2.45, 2.75) is 26.4 Å². The number of nitrogens with one attached hydrogen (secondary N) is 1. The fourth-order valence-corrected chi connectivity index (χ4v) is 4.19. The smallest absolute Gasteiger partial charge is 0.244 e. The number of methoxy groups -OCH3 is 2. The van der Waals surface area contributed by atoms with E-state index in [4.69, 9.17) is 9.47 Å². The van der Waals surface area contributed by atoms with Gasteiger partial charge in [-0.25, -0.2) is 8.42 Å². The molecule has 1 unspecified atom stereocenters. The number of ether oxygens (including phenoxy) is 2. The summed E-state index contributed by atoms with van der Waals surface area (Å²) in [5.41, 5.74) is 1.97. The molecule has 0 saturated carbocycles.